The molecule has 5 heteroatoms. The predicted molar refractivity (Wildman–Crippen MR) is 72.0 cm³/mol. The highest BCUT2D eigenvalue weighted by molar-refractivity contribution is 5.77. The SMILES string of the molecule is O.O=C1OC2C3CCC2C1C3.O=C1OC2C3CCC2C1C3. The molecule has 2 N–H and O–H groups in total. The van der Waals surface area contributed by atoms with Gasteiger partial charge in [-0.2, -0.15) is 0 Å². The number of hydrogen-bond donors (Lipinski definition) is 0. The number of carbonyl (C=O) groups excluding carboxylic acids is 2. The normalized spacial score (nSPS) is 53.1. The molecule has 6 rings (SSSR count). The zero-order valence-electron chi connectivity index (χ0n) is 12.0. The van der Waals surface area contributed by atoms with E-state index in [9.17, 15) is 9.59 Å². The van der Waals surface area contributed by atoms with Gasteiger partial charge in [-0.25, -0.2) is 0 Å². The van der Waals surface area contributed by atoms with Crippen molar-refractivity contribution in [2.45, 2.75) is 50.7 Å². The second kappa shape index (κ2) is 4.45. The van der Waals surface area contributed by atoms with E-state index in [2.05, 4.69) is 0 Å². The molecule has 0 amide bonds. The number of ether oxygens (including phenoxy) is 2. The maximum Gasteiger partial charge on any atom is 0.309 e. The fourth-order valence-electron chi connectivity index (χ4n) is 5.89. The molecule has 0 aromatic carbocycles. The molecule has 8 bridgehead atoms. The lowest BCUT2D eigenvalue weighted by atomic mass is 9.89. The van der Waals surface area contributed by atoms with Gasteiger partial charge in [0.15, 0.2) is 0 Å². The van der Waals surface area contributed by atoms with Crippen LogP contribution in [-0.2, 0) is 19.1 Å². The average molecular weight is 294 g/mol. The molecule has 6 aliphatic rings. The van der Waals surface area contributed by atoms with Gasteiger partial charge in [0.25, 0.3) is 0 Å². The molecule has 21 heavy (non-hydrogen) atoms. The molecular formula is C16H22O5. The molecule has 0 radical (unpaired) electrons. The monoisotopic (exact) mass is 294 g/mol. The van der Waals surface area contributed by atoms with Crippen molar-refractivity contribution < 1.29 is 24.5 Å². The van der Waals surface area contributed by atoms with Crippen LogP contribution in [0.1, 0.15) is 38.5 Å². The summed E-state index contributed by atoms with van der Waals surface area (Å²) in [6.07, 6.45) is 8.05. The largest absolute Gasteiger partial charge is 0.462 e. The Morgan fingerprint density at radius 1 is 0.714 bits per heavy atom. The lowest BCUT2D eigenvalue weighted by molar-refractivity contribution is -0.151. The van der Waals surface area contributed by atoms with E-state index in [1.807, 2.05) is 0 Å². The summed E-state index contributed by atoms with van der Waals surface area (Å²) in [6, 6.07) is 0. The van der Waals surface area contributed by atoms with Crippen molar-refractivity contribution in [3.8, 4) is 0 Å². The van der Waals surface area contributed by atoms with Crippen LogP contribution in [0.5, 0.6) is 0 Å². The standard InChI is InChI=1S/2C8H10O2.H2O/c2*9-8-6-3-4-1-2-5(6)7(4)10-8;/h2*4-7H,1-3H2;1H2. The molecule has 2 heterocycles. The van der Waals surface area contributed by atoms with Crippen molar-refractivity contribution in [2.24, 2.45) is 35.5 Å². The minimum Gasteiger partial charge on any atom is -0.462 e. The quantitative estimate of drug-likeness (QED) is 0.626. The highest BCUT2D eigenvalue weighted by atomic mass is 16.6. The summed E-state index contributed by atoms with van der Waals surface area (Å²) in [5.41, 5.74) is 0. The van der Waals surface area contributed by atoms with E-state index in [4.69, 9.17) is 9.47 Å². The molecule has 2 saturated heterocycles. The van der Waals surface area contributed by atoms with E-state index in [1.165, 1.54) is 25.7 Å². The van der Waals surface area contributed by atoms with Gasteiger partial charge in [0, 0.05) is 11.8 Å². The molecular weight excluding hydrogens is 272 g/mol. The van der Waals surface area contributed by atoms with Gasteiger partial charge in [0.2, 0.25) is 0 Å². The summed E-state index contributed by atoms with van der Waals surface area (Å²) in [7, 11) is 0. The Hall–Kier alpha value is -1.10. The zero-order chi connectivity index (χ0) is 13.4. The molecule has 8 atom stereocenters. The van der Waals surface area contributed by atoms with E-state index in [0.29, 0.717) is 35.9 Å². The minimum absolute atomic E-state index is 0. The molecule has 8 unspecified atom stereocenters. The van der Waals surface area contributed by atoms with E-state index in [1.54, 1.807) is 0 Å². The Morgan fingerprint density at radius 3 is 1.43 bits per heavy atom. The molecule has 116 valence electrons. The summed E-state index contributed by atoms with van der Waals surface area (Å²) < 4.78 is 10.4. The summed E-state index contributed by atoms with van der Waals surface area (Å²) in [5.74, 6) is 3.53. The highest BCUT2D eigenvalue weighted by Gasteiger charge is 2.59. The second-order valence-corrected chi connectivity index (χ2v) is 7.49. The first-order valence-electron chi connectivity index (χ1n) is 8.13. The van der Waals surface area contributed by atoms with Crippen LogP contribution in [0.15, 0.2) is 0 Å². The van der Waals surface area contributed by atoms with Crippen LogP contribution in [0.25, 0.3) is 0 Å². The smallest absolute Gasteiger partial charge is 0.309 e. The van der Waals surface area contributed by atoms with Crippen molar-refractivity contribution in [3.63, 3.8) is 0 Å². The summed E-state index contributed by atoms with van der Waals surface area (Å²) in [4.78, 5) is 22.0. The zero-order valence-corrected chi connectivity index (χ0v) is 12.0. The molecule has 2 aliphatic heterocycles. The Kier molecular flexibility index (Phi) is 2.87. The van der Waals surface area contributed by atoms with Crippen LogP contribution in [0.2, 0.25) is 0 Å². The maximum atomic E-state index is 11.0. The average Bonchev–Trinajstić information content (AvgIpc) is 3.26. The lowest BCUT2D eigenvalue weighted by Gasteiger charge is -2.19. The predicted octanol–water partition coefficient (Wildman–Crippen LogP) is 1.09. The van der Waals surface area contributed by atoms with Gasteiger partial charge in [-0.3, -0.25) is 9.59 Å². The molecule has 0 aromatic rings. The Balaban J connectivity index is 0.000000105. The van der Waals surface area contributed by atoms with Crippen LogP contribution >= 0.6 is 0 Å². The Labute approximate surface area is 123 Å². The van der Waals surface area contributed by atoms with Crippen LogP contribution in [0, 0.1) is 35.5 Å². The third-order valence-corrected chi connectivity index (χ3v) is 6.77. The number of carbonyl (C=O) groups is 2. The maximum absolute atomic E-state index is 11.0. The number of rotatable bonds is 0. The van der Waals surface area contributed by atoms with E-state index in [0.717, 1.165) is 24.7 Å². The third kappa shape index (κ3) is 1.67. The van der Waals surface area contributed by atoms with Gasteiger partial charge in [-0.15, -0.1) is 0 Å². The second-order valence-electron chi connectivity index (χ2n) is 7.49. The van der Waals surface area contributed by atoms with Gasteiger partial charge in [-0.1, -0.05) is 0 Å². The van der Waals surface area contributed by atoms with Crippen LogP contribution in [0.3, 0.4) is 0 Å². The van der Waals surface area contributed by atoms with Gasteiger partial charge in [-0.05, 0) is 50.4 Å². The van der Waals surface area contributed by atoms with Crippen molar-refractivity contribution in [2.75, 3.05) is 0 Å². The molecule has 5 nitrogen and oxygen atoms in total. The van der Waals surface area contributed by atoms with Gasteiger partial charge in [0.05, 0.1) is 11.8 Å². The van der Waals surface area contributed by atoms with Crippen molar-refractivity contribution in [3.05, 3.63) is 0 Å². The molecule has 0 spiro atoms. The first kappa shape index (κ1) is 13.6. The highest BCUT2D eigenvalue weighted by Crippen LogP contribution is 2.55. The summed E-state index contributed by atoms with van der Waals surface area (Å²) >= 11 is 0. The van der Waals surface area contributed by atoms with Crippen LogP contribution in [-0.4, -0.2) is 29.6 Å². The van der Waals surface area contributed by atoms with E-state index in [-0.39, 0.29) is 17.4 Å². The molecule has 6 fully saturated rings. The lowest BCUT2D eigenvalue weighted by Crippen LogP contribution is -2.22. The number of hydrogen-bond acceptors (Lipinski definition) is 4. The Morgan fingerprint density at radius 2 is 1.14 bits per heavy atom. The van der Waals surface area contributed by atoms with Gasteiger partial charge in [0.1, 0.15) is 12.2 Å². The first-order valence-corrected chi connectivity index (χ1v) is 8.13. The van der Waals surface area contributed by atoms with Crippen molar-refractivity contribution in [1.82, 2.24) is 0 Å². The minimum atomic E-state index is 0. The van der Waals surface area contributed by atoms with Crippen LogP contribution in [0.4, 0.5) is 0 Å². The fourth-order valence-corrected chi connectivity index (χ4v) is 5.89. The summed E-state index contributed by atoms with van der Waals surface area (Å²) in [5, 5.41) is 0. The van der Waals surface area contributed by atoms with Gasteiger partial charge < -0.3 is 14.9 Å². The van der Waals surface area contributed by atoms with Crippen molar-refractivity contribution in [1.29, 1.82) is 0 Å². The van der Waals surface area contributed by atoms with Crippen molar-refractivity contribution >= 4 is 11.9 Å². The van der Waals surface area contributed by atoms with Crippen LogP contribution < -0.4 is 0 Å². The Bertz CT molecular complexity index is 445. The molecule has 4 saturated carbocycles. The van der Waals surface area contributed by atoms with E-state index < -0.39 is 0 Å². The summed E-state index contributed by atoms with van der Waals surface area (Å²) in [6.45, 7) is 0. The third-order valence-electron chi connectivity index (χ3n) is 6.77. The van der Waals surface area contributed by atoms with E-state index >= 15 is 0 Å². The fraction of sp³-hybridized carbons (Fsp3) is 0.875. The molecule has 0 aromatic heterocycles. The van der Waals surface area contributed by atoms with Gasteiger partial charge >= 0.3 is 11.9 Å². The number of esters is 2. The molecule has 4 aliphatic carbocycles. The first-order chi connectivity index (χ1) is 9.72. The topological polar surface area (TPSA) is 84.1 Å².